The number of thioether (sulfide) groups is 1. The highest BCUT2D eigenvalue weighted by Gasteiger charge is 2.40. The maximum Gasteiger partial charge on any atom is 0.0733 e. The van der Waals surface area contributed by atoms with Crippen LogP contribution in [0.3, 0.4) is 0 Å². The highest BCUT2D eigenvalue weighted by molar-refractivity contribution is 7.98. The summed E-state index contributed by atoms with van der Waals surface area (Å²) in [4.78, 5) is 0. The van der Waals surface area contributed by atoms with Gasteiger partial charge in [-0.25, -0.2) is 0 Å². The van der Waals surface area contributed by atoms with Gasteiger partial charge in [0.25, 0.3) is 0 Å². The molecule has 3 unspecified atom stereocenters. The molecule has 14 heavy (non-hydrogen) atoms. The first-order chi connectivity index (χ1) is 6.90. The van der Waals surface area contributed by atoms with Gasteiger partial charge in [0.1, 0.15) is 0 Å². The molecule has 2 heterocycles. The zero-order chi connectivity index (χ0) is 9.80. The molecular weight excluding hydrogens is 194 g/mol. The monoisotopic (exact) mass is 215 g/mol. The number of fused-ring (bicyclic) bond motifs is 2. The first-order valence-corrected chi connectivity index (χ1v) is 7.17. The van der Waals surface area contributed by atoms with Crippen LogP contribution in [0.4, 0.5) is 0 Å². The van der Waals surface area contributed by atoms with Crippen molar-refractivity contribution in [3.63, 3.8) is 0 Å². The standard InChI is InChI=1S/C11H21NOS/c1-14-7-3-2-6-12-10-8-9-4-5-11(10)13-9/h9-12H,2-8H2,1H3. The Labute approximate surface area is 91.2 Å². The van der Waals surface area contributed by atoms with Crippen LogP contribution < -0.4 is 5.32 Å². The predicted molar refractivity (Wildman–Crippen MR) is 61.9 cm³/mol. The van der Waals surface area contributed by atoms with Crippen LogP contribution >= 0.6 is 11.8 Å². The molecule has 2 fully saturated rings. The molecule has 0 aromatic heterocycles. The molecule has 0 saturated carbocycles. The van der Waals surface area contributed by atoms with E-state index in [9.17, 15) is 0 Å². The fraction of sp³-hybridized carbons (Fsp3) is 1.00. The number of nitrogens with one attached hydrogen (secondary N) is 1. The molecule has 0 spiro atoms. The largest absolute Gasteiger partial charge is 0.373 e. The minimum absolute atomic E-state index is 0.542. The van der Waals surface area contributed by atoms with Gasteiger partial charge in [0, 0.05) is 6.04 Å². The summed E-state index contributed by atoms with van der Waals surface area (Å²) >= 11 is 1.94. The highest BCUT2D eigenvalue weighted by Crippen LogP contribution is 2.34. The molecule has 2 aliphatic rings. The summed E-state index contributed by atoms with van der Waals surface area (Å²) in [5.74, 6) is 1.30. The number of hydrogen-bond acceptors (Lipinski definition) is 3. The quantitative estimate of drug-likeness (QED) is 0.685. The number of hydrogen-bond donors (Lipinski definition) is 1. The van der Waals surface area contributed by atoms with Crippen LogP contribution in [-0.2, 0) is 4.74 Å². The van der Waals surface area contributed by atoms with Gasteiger partial charge in [0.2, 0.25) is 0 Å². The summed E-state index contributed by atoms with van der Waals surface area (Å²) in [6.07, 6.45) is 9.81. The molecule has 3 heteroatoms. The molecule has 2 aliphatic heterocycles. The smallest absolute Gasteiger partial charge is 0.0733 e. The van der Waals surface area contributed by atoms with Crippen LogP contribution in [0.25, 0.3) is 0 Å². The summed E-state index contributed by atoms with van der Waals surface area (Å²) in [7, 11) is 0. The SMILES string of the molecule is CSCCCCNC1CC2CCC1O2. The Kier molecular flexibility index (Phi) is 4.14. The maximum absolute atomic E-state index is 5.80. The fourth-order valence-corrected chi connectivity index (χ4v) is 3.00. The van der Waals surface area contributed by atoms with Gasteiger partial charge in [-0.15, -0.1) is 0 Å². The fourth-order valence-electron chi connectivity index (χ4n) is 2.51. The van der Waals surface area contributed by atoms with Crippen molar-refractivity contribution in [2.75, 3.05) is 18.6 Å². The van der Waals surface area contributed by atoms with E-state index in [-0.39, 0.29) is 0 Å². The molecule has 0 radical (unpaired) electrons. The van der Waals surface area contributed by atoms with Crippen molar-refractivity contribution in [1.29, 1.82) is 0 Å². The molecule has 2 saturated heterocycles. The highest BCUT2D eigenvalue weighted by atomic mass is 32.2. The van der Waals surface area contributed by atoms with Gasteiger partial charge in [-0.05, 0) is 50.7 Å². The second-order valence-electron chi connectivity index (χ2n) is 4.37. The molecule has 0 aliphatic carbocycles. The Bertz CT molecular complexity index is 177. The van der Waals surface area contributed by atoms with Crippen LogP contribution in [0, 0.1) is 0 Å². The lowest BCUT2D eigenvalue weighted by molar-refractivity contribution is 0.0974. The molecule has 2 rings (SSSR count). The second kappa shape index (κ2) is 5.38. The predicted octanol–water partition coefficient (Wildman–Crippen LogP) is 2.04. The summed E-state index contributed by atoms with van der Waals surface area (Å²) in [5, 5.41) is 3.64. The van der Waals surface area contributed by atoms with Gasteiger partial charge in [0.05, 0.1) is 12.2 Å². The molecule has 82 valence electrons. The lowest BCUT2D eigenvalue weighted by Gasteiger charge is -2.19. The van der Waals surface area contributed by atoms with Crippen LogP contribution in [0.15, 0.2) is 0 Å². The van der Waals surface area contributed by atoms with E-state index >= 15 is 0 Å². The van der Waals surface area contributed by atoms with Gasteiger partial charge >= 0.3 is 0 Å². The lowest BCUT2D eigenvalue weighted by Crippen LogP contribution is -2.37. The second-order valence-corrected chi connectivity index (χ2v) is 5.36. The van der Waals surface area contributed by atoms with E-state index in [1.165, 1.54) is 44.4 Å². The van der Waals surface area contributed by atoms with E-state index in [4.69, 9.17) is 4.74 Å². The van der Waals surface area contributed by atoms with Crippen molar-refractivity contribution in [1.82, 2.24) is 5.32 Å². The molecule has 0 amide bonds. The van der Waals surface area contributed by atoms with Gasteiger partial charge in [-0.1, -0.05) is 0 Å². The van der Waals surface area contributed by atoms with Crippen molar-refractivity contribution in [2.45, 2.75) is 50.4 Å². The Morgan fingerprint density at radius 2 is 2.29 bits per heavy atom. The molecule has 1 N–H and O–H groups in total. The molecule has 0 aromatic rings. The summed E-state index contributed by atoms with van der Waals surface area (Å²) < 4.78 is 5.80. The Morgan fingerprint density at radius 1 is 1.36 bits per heavy atom. The molecule has 2 nitrogen and oxygen atoms in total. The van der Waals surface area contributed by atoms with Crippen molar-refractivity contribution < 1.29 is 4.74 Å². The van der Waals surface area contributed by atoms with Crippen molar-refractivity contribution in [2.24, 2.45) is 0 Å². The Hall–Kier alpha value is 0.270. The molecule has 0 aromatic carbocycles. The van der Waals surface area contributed by atoms with Gasteiger partial charge in [0.15, 0.2) is 0 Å². The number of unbranched alkanes of at least 4 members (excludes halogenated alkanes) is 1. The Morgan fingerprint density at radius 3 is 2.93 bits per heavy atom. The first kappa shape index (κ1) is 10.8. The third kappa shape index (κ3) is 2.65. The van der Waals surface area contributed by atoms with Crippen LogP contribution in [0.5, 0.6) is 0 Å². The van der Waals surface area contributed by atoms with Crippen LogP contribution in [0.2, 0.25) is 0 Å². The van der Waals surface area contributed by atoms with E-state index in [2.05, 4.69) is 11.6 Å². The third-order valence-corrected chi connectivity index (χ3v) is 3.98. The van der Waals surface area contributed by atoms with Gasteiger partial charge in [-0.2, -0.15) is 11.8 Å². The molecule has 3 atom stereocenters. The van der Waals surface area contributed by atoms with Gasteiger partial charge < -0.3 is 10.1 Å². The van der Waals surface area contributed by atoms with Crippen LogP contribution in [0.1, 0.15) is 32.1 Å². The van der Waals surface area contributed by atoms with E-state index in [1.807, 2.05) is 11.8 Å². The number of ether oxygens (including phenoxy) is 1. The summed E-state index contributed by atoms with van der Waals surface area (Å²) in [6.45, 7) is 1.18. The normalized spacial score (nSPS) is 35.4. The third-order valence-electron chi connectivity index (χ3n) is 3.29. The van der Waals surface area contributed by atoms with E-state index in [0.717, 1.165) is 0 Å². The van der Waals surface area contributed by atoms with E-state index < -0.39 is 0 Å². The van der Waals surface area contributed by atoms with E-state index in [1.54, 1.807) is 0 Å². The summed E-state index contributed by atoms with van der Waals surface area (Å²) in [5.41, 5.74) is 0. The zero-order valence-corrected chi connectivity index (χ0v) is 9.81. The van der Waals surface area contributed by atoms with Crippen molar-refractivity contribution in [3.8, 4) is 0 Å². The Balaban J connectivity index is 1.54. The molecule has 2 bridgehead atoms. The number of rotatable bonds is 6. The van der Waals surface area contributed by atoms with Gasteiger partial charge in [-0.3, -0.25) is 0 Å². The first-order valence-electron chi connectivity index (χ1n) is 5.78. The van der Waals surface area contributed by atoms with E-state index in [0.29, 0.717) is 18.2 Å². The molecular formula is C11H21NOS. The minimum atomic E-state index is 0.542. The topological polar surface area (TPSA) is 21.3 Å². The average Bonchev–Trinajstić information content (AvgIpc) is 2.79. The van der Waals surface area contributed by atoms with Crippen LogP contribution in [-0.4, -0.2) is 36.8 Å². The minimum Gasteiger partial charge on any atom is -0.373 e. The zero-order valence-electron chi connectivity index (χ0n) is 9.00. The maximum atomic E-state index is 5.80. The summed E-state index contributed by atoms with van der Waals surface area (Å²) in [6, 6.07) is 0.669. The lowest BCUT2D eigenvalue weighted by atomic mass is 9.95. The van der Waals surface area contributed by atoms with Crippen molar-refractivity contribution in [3.05, 3.63) is 0 Å². The van der Waals surface area contributed by atoms with Crippen molar-refractivity contribution >= 4 is 11.8 Å². The average molecular weight is 215 g/mol.